The number of hydrogen-bond acceptors (Lipinski definition) is 4. The van der Waals surface area contributed by atoms with E-state index in [0.717, 1.165) is 6.42 Å². The number of carbonyl (C=O) groups is 1. The second kappa shape index (κ2) is 3.98. The zero-order valence-corrected chi connectivity index (χ0v) is 12.4. The first-order valence-electron chi connectivity index (χ1n) is 8.05. The van der Waals surface area contributed by atoms with Crippen molar-refractivity contribution in [1.29, 1.82) is 0 Å². The number of rotatable bonds is 3. The number of carbonyl (C=O) groups excluding carboxylic acids is 1. The molecule has 2 saturated carbocycles. The fraction of sp³-hybridized carbons (Fsp3) is 0.938. The standard InChI is InChI=1S/C16H24O4/c1-14(2)8-12(9-15-16(14,19-15)20-15)13(17)18-10-11-6-4-3-5-7-11/h11-12H,3-10H2,1-2H3. The van der Waals surface area contributed by atoms with Gasteiger partial charge < -0.3 is 14.2 Å². The maximum atomic E-state index is 12.3. The van der Waals surface area contributed by atoms with Crippen LogP contribution in [0.4, 0.5) is 0 Å². The maximum absolute atomic E-state index is 12.3. The Hall–Kier alpha value is -0.610. The maximum Gasteiger partial charge on any atom is 0.309 e. The Bertz CT molecular complexity index is 430. The second-order valence-corrected chi connectivity index (χ2v) is 7.70. The fourth-order valence-electron chi connectivity index (χ4n) is 4.42. The summed E-state index contributed by atoms with van der Waals surface area (Å²) in [5.41, 5.74) is -0.0836. The van der Waals surface area contributed by atoms with Crippen molar-refractivity contribution in [1.82, 2.24) is 0 Å². The first kappa shape index (κ1) is 13.1. The minimum atomic E-state index is -0.427. The summed E-state index contributed by atoms with van der Waals surface area (Å²) < 4.78 is 17.0. The molecule has 4 heteroatoms. The molecule has 0 aromatic carbocycles. The van der Waals surface area contributed by atoms with Gasteiger partial charge in [-0.2, -0.15) is 0 Å². The van der Waals surface area contributed by atoms with Gasteiger partial charge >= 0.3 is 5.97 Å². The number of epoxide rings is 2. The molecule has 0 amide bonds. The number of esters is 1. The van der Waals surface area contributed by atoms with Crippen molar-refractivity contribution in [3.63, 3.8) is 0 Å². The molecule has 0 N–H and O–H groups in total. The quantitative estimate of drug-likeness (QED) is 0.589. The van der Waals surface area contributed by atoms with E-state index in [1.54, 1.807) is 0 Å². The Kier molecular flexibility index (Phi) is 2.60. The highest BCUT2D eigenvalue weighted by atomic mass is 17.0. The van der Waals surface area contributed by atoms with Crippen molar-refractivity contribution in [2.24, 2.45) is 17.3 Å². The highest BCUT2D eigenvalue weighted by Crippen LogP contribution is 2.80. The lowest BCUT2D eigenvalue weighted by Gasteiger charge is -2.29. The number of hydrogen-bond donors (Lipinski definition) is 0. The van der Waals surface area contributed by atoms with Crippen LogP contribution in [0.2, 0.25) is 0 Å². The van der Waals surface area contributed by atoms with E-state index in [2.05, 4.69) is 13.8 Å². The molecule has 2 heterocycles. The van der Waals surface area contributed by atoms with E-state index in [-0.39, 0.29) is 23.1 Å². The summed E-state index contributed by atoms with van der Waals surface area (Å²) in [5, 5.41) is 0. The van der Waals surface area contributed by atoms with Crippen molar-refractivity contribution in [2.45, 2.75) is 70.4 Å². The third-order valence-electron chi connectivity index (χ3n) is 5.72. The van der Waals surface area contributed by atoms with Crippen LogP contribution >= 0.6 is 0 Å². The van der Waals surface area contributed by atoms with Gasteiger partial charge in [0.1, 0.15) is 0 Å². The van der Waals surface area contributed by atoms with Gasteiger partial charge in [-0.15, -0.1) is 0 Å². The SMILES string of the molecule is CC1(C)CC(C(=O)OCC2CCCCC2)CC23OC12O3. The minimum Gasteiger partial charge on any atom is -0.465 e. The van der Waals surface area contributed by atoms with Crippen molar-refractivity contribution in [3.8, 4) is 0 Å². The van der Waals surface area contributed by atoms with Crippen molar-refractivity contribution in [3.05, 3.63) is 0 Å². The van der Waals surface area contributed by atoms with Crippen LogP contribution in [0.3, 0.4) is 0 Å². The van der Waals surface area contributed by atoms with Gasteiger partial charge in [-0.05, 0) is 25.2 Å². The molecule has 0 aromatic heterocycles. The van der Waals surface area contributed by atoms with Gasteiger partial charge in [-0.25, -0.2) is 0 Å². The number of ether oxygens (including phenoxy) is 3. The Morgan fingerprint density at radius 2 is 1.85 bits per heavy atom. The van der Waals surface area contributed by atoms with Gasteiger partial charge in [-0.3, -0.25) is 4.79 Å². The molecule has 20 heavy (non-hydrogen) atoms. The first-order chi connectivity index (χ1) is 9.48. The average molecular weight is 280 g/mol. The van der Waals surface area contributed by atoms with Crippen LogP contribution in [0, 0.1) is 17.3 Å². The van der Waals surface area contributed by atoms with Gasteiger partial charge in [0.05, 0.1) is 12.5 Å². The van der Waals surface area contributed by atoms with Crippen LogP contribution in [-0.2, 0) is 19.0 Å². The molecule has 0 aromatic rings. The summed E-state index contributed by atoms with van der Waals surface area (Å²) in [6, 6.07) is 0. The summed E-state index contributed by atoms with van der Waals surface area (Å²) in [7, 11) is 0. The van der Waals surface area contributed by atoms with Crippen molar-refractivity contribution in [2.75, 3.05) is 6.61 Å². The summed E-state index contributed by atoms with van der Waals surface area (Å²) >= 11 is 0. The largest absolute Gasteiger partial charge is 0.465 e. The van der Waals surface area contributed by atoms with Crippen LogP contribution in [-0.4, -0.2) is 24.2 Å². The topological polar surface area (TPSA) is 51.4 Å². The zero-order chi connectivity index (χ0) is 14.0. The van der Waals surface area contributed by atoms with Crippen LogP contribution in [0.15, 0.2) is 0 Å². The molecule has 1 atom stereocenters. The van der Waals surface area contributed by atoms with Gasteiger partial charge in [-0.1, -0.05) is 33.1 Å². The van der Waals surface area contributed by atoms with Crippen LogP contribution < -0.4 is 0 Å². The van der Waals surface area contributed by atoms with Crippen LogP contribution in [0.25, 0.3) is 0 Å². The van der Waals surface area contributed by atoms with E-state index >= 15 is 0 Å². The zero-order valence-electron chi connectivity index (χ0n) is 12.4. The predicted molar refractivity (Wildman–Crippen MR) is 71.7 cm³/mol. The average Bonchev–Trinajstić information content (AvgIpc) is 3.23. The molecule has 2 aliphatic carbocycles. The monoisotopic (exact) mass is 280 g/mol. The second-order valence-electron chi connectivity index (χ2n) is 7.70. The highest BCUT2D eigenvalue weighted by Gasteiger charge is 2.97. The molecule has 2 aliphatic heterocycles. The van der Waals surface area contributed by atoms with E-state index in [1.807, 2.05) is 0 Å². The Morgan fingerprint density at radius 3 is 2.50 bits per heavy atom. The van der Waals surface area contributed by atoms with E-state index in [1.165, 1.54) is 32.1 Å². The van der Waals surface area contributed by atoms with E-state index in [0.29, 0.717) is 18.9 Å². The van der Waals surface area contributed by atoms with Gasteiger partial charge in [0.25, 0.3) is 0 Å². The molecule has 0 bridgehead atoms. The highest BCUT2D eigenvalue weighted by molar-refractivity contribution is 5.73. The molecule has 112 valence electrons. The third kappa shape index (κ3) is 1.70. The molecule has 4 rings (SSSR count). The van der Waals surface area contributed by atoms with Gasteiger partial charge in [0.2, 0.25) is 11.6 Å². The minimum absolute atomic E-state index is 0.0439. The van der Waals surface area contributed by atoms with Crippen LogP contribution in [0.1, 0.15) is 58.8 Å². The summed E-state index contributed by atoms with van der Waals surface area (Å²) in [5.74, 6) is -0.316. The Balaban J connectivity index is 1.33. The van der Waals surface area contributed by atoms with Gasteiger partial charge in [0, 0.05) is 11.8 Å². The molecule has 4 fully saturated rings. The van der Waals surface area contributed by atoms with Crippen molar-refractivity contribution < 1.29 is 19.0 Å². The lowest BCUT2D eigenvalue weighted by Crippen LogP contribution is -2.35. The Morgan fingerprint density at radius 1 is 1.15 bits per heavy atom. The van der Waals surface area contributed by atoms with E-state index < -0.39 is 5.79 Å². The van der Waals surface area contributed by atoms with Gasteiger partial charge in [0.15, 0.2) is 0 Å². The summed E-state index contributed by atoms with van der Waals surface area (Å²) in [6.07, 6.45) is 7.81. The van der Waals surface area contributed by atoms with E-state index in [9.17, 15) is 4.79 Å². The summed E-state index contributed by atoms with van der Waals surface area (Å²) in [6.45, 7) is 4.86. The molecular formula is C16H24O4. The molecule has 4 aliphatic rings. The van der Waals surface area contributed by atoms with E-state index in [4.69, 9.17) is 14.2 Å². The molecular weight excluding hydrogens is 256 g/mol. The molecule has 1 unspecified atom stereocenters. The first-order valence-corrected chi connectivity index (χ1v) is 8.05. The summed E-state index contributed by atoms with van der Waals surface area (Å²) in [4.78, 5) is 12.3. The molecule has 0 radical (unpaired) electrons. The lowest BCUT2D eigenvalue weighted by molar-refractivity contribution is -0.152. The fourth-order valence-corrected chi connectivity index (χ4v) is 4.42. The van der Waals surface area contributed by atoms with Crippen LogP contribution in [0.5, 0.6) is 0 Å². The molecule has 2 saturated heterocycles. The molecule has 0 spiro atoms. The predicted octanol–water partition coefficient (Wildman–Crippen LogP) is 3.00. The van der Waals surface area contributed by atoms with Crippen molar-refractivity contribution >= 4 is 5.97 Å². The smallest absolute Gasteiger partial charge is 0.309 e. The third-order valence-corrected chi connectivity index (χ3v) is 5.72. The molecule has 4 nitrogen and oxygen atoms in total. The normalized spacial score (nSPS) is 45.2. The Labute approximate surface area is 120 Å². The lowest BCUT2D eigenvalue weighted by atomic mass is 9.72.